The van der Waals surface area contributed by atoms with Crippen LogP contribution < -0.4 is 4.74 Å². The van der Waals surface area contributed by atoms with E-state index in [0.29, 0.717) is 15.8 Å². The summed E-state index contributed by atoms with van der Waals surface area (Å²) in [5, 5.41) is 11.6. The average Bonchev–Trinajstić information content (AvgIpc) is 2.57. The summed E-state index contributed by atoms with van der Waals surface area (Å²) >= 11 is 11.8. The zero-order valence-electron chi connectivity index (χ0n) is 14.1. The monoisotopic (exact) mass is 415 g/mol. The molecule has 0 bridgehead atoms. The van der Waals surface area contributed by atoms with E-state index in [1.54, 1.807) is 31.2 Å². The molecule has 5 nitrogen and oxygen atoms in total. The van der Waals surface area contributed by atoms with E-state index in [1.165, 1.54) is 28.6 Å². The number of ether oxygens (including phenoxy) is 1. The SMILES string of the molecule is C[C@]1(O)CCN(S(=O)(=O)c2ccc(Cl)cc2)C[C@@H]1Oc1cccc(Cl)c1. The quantitative estimate of drug-likeness (QED) is 0.828. The van der Waals surface area contributed by atoms with Crippen LogP contribution in [0.2, 0.25) is 10.0 Å². The Morgan fingerprint density at radius 3 is 2.50 bits per heavy atom. The van der Waals surface area contributed by atoms with Crippen LogP contribution >= 0.6 is 23.2 Å². The van der Waals surface area contributed by atoms with Gasteiger partial charge in [-0.25, -0.2) is 8.42 Å². The lowest BCUT2D eigenvalue weighted by Crippen LogP contribution is -2.57. The highest BCUT2D eigenvalue weighted by Gasteiger charge is 2.43. The van der Waals surface area contributed by atoms with Gasteiger partial charge in [-0.3, -0.25) is 0 Å². The zero-order chi connectivity index (χ0) is 18.9. The third-order valence-corrected chi connectivity index (χ3v) is 6.82. The van der Waals surface area contributed by atoms with E-state index in [2.05, 4.69) is 0 Å². The fourth-order valence-electron chi connectivity index (χ4n) is 2.83. The number of benzene rings is 2. The molecular weight excluding hydrogens is 397 g/mol. The summed E-state index contributed by atoms with van der Waals surface area (Å²) in [6.07, 6.45) is -0.470. The van der Waals surface area contributed by atoms with Crippen molar-refractivity contribution in [3.8, 4) is 5.75 Å². The Labute approximate surface area is 163 Å². The molecule has 2 atom stereocenters. The molecule has 1 N–H and O–H groups in total. The molecule has 0 unspecified atom stereocenters. The van der Waals surface area contributed by atoms with Crippen molar-refractivity contribution in [2.75, 3.05) is 13.1 Å². The minimum Gasteiger partial charge on any atom is -0.486 e. The molecule has 1 fully saturated rings. The van der Waals surface area contributed by atoms with Crippen molar-refractivity contribution < 1.29 is 18.3 Å². The third-order valence-electron chi connectivity index (χ3n) is 4.46. The smallest absolute Gasteiger partial charge is 0.243 e. The van der Waals surface area contributed by atoms with Crippen LogP contribution in [0.1, 0.15) is 13.3 Å². The molecule has 1 aliphatic rings. The summed E-state index contributed by atoms with van der Waals surface area (Å²) in [7, 11) is -3.70. The summed E-state index contributed by atoms with van der Waals surface area (Å²) in [5.41, 5.74) is -1.16. The number of hydrogen-bond donors (Lipinski definition) is 1. The minimum atomic E-state index is -3.70. The lowest BCUT2D eigenvalue weighted by molar-refractivity contribution is -0.0809. The maximum absolute atomic E-state index is 12.9. The van der Waals surface area contributed by atoms with Gasteiger partial charge in [-0.1, -0.05) is 29.3 Å². The van der Waals surface area contributed by atoms with E-state index >= 15 is 0 Å². The van der Waals surface area contributed by atoms with Gasteiger partial charge in [-0.15, -0.1) is 0 Å². The van der Waals surface area contributed by atoms with Gasteiger partial charge in [0, 0.05) is 16.6 Å². The lowest BCUT2D eigenvalue weighted by Gasteiger charge is -2.41. The number of halogens is 2. The Hall–Kier alpha value is -1.31. The Kier molecular flexibility index (Phi) is 5.51. The first-order valence-electron chi connectivity index (χ1n) is 8.09. The van der Waals surface area contributed by atoms with Gasteiger partial charge in [0.15, 0.2) is 0 Å². The van der Waals surface area contributed by atoms with Gasteiger partial charge < -0.3 is 9.84 Å². The van der Waals surface area contributed by atoms with Gasteiger partial charge in [-0.2, -0.15) is 4.31 Å². The minimum absolute atomic E-state index is 0.0322. The second-order valence-electron chi connectivity index (χ2n) is 6.49. The number of aliphatic hydroxyl groups is 1. The Morgan fingerprint density at radius 1 is 1.15 bits per heavy atom. The Balaban J connectivity index is 1.83. The normalized spacial score (nSPS) is 24.4. The van der Waals surface area contributed by atoms with Gasteiger partial charge in [0.25, 0.3) is 0 Å². The summed E-state index contributed by atoms with van der Waals surface area (Å²) in [6.45, 7) is 1.88. The maximum Gasteiger partial charge on any atom is 0.243 e. The second-order valence-corrected chi connectivity index (χ2v) is 9.30. The van der Waals surface area contributed by atoms with E-state index in [1.807, 2.05) is 0 Å². The molecule has 140 valence electrons. The van der Waals surface area contributed by atoms with Crippen LogP contribution in [0.3, 0.4) is 0 Å². The largest absolute Gasteiger partial charge is 0.486 e. The molecule has 2 aromatic carbocycles. The Morgan fingerprint density at radius 2 is 1.85 bits per heavy atom. The molecule has 1 saturated heterocycles. The molecule has 1 aliphatic heterocycles. The predicted molar refractivity (Wildman–Crippen MR) is 101 cm³/mol. The molecule has 8 heteroatoms. The van der Waals surface area contributed by atoms with Crippen molar-refractivity contribution in [3.63, 3.8) is 0 Å². The van der Waals surface area contributed by atoms with E-state index in [9.17, 15) is 13.5 Å². The van der Waals surface area contributed by atoms with Gasteiger partial charge >= 0.3 is 0 Å². The van der Waals surface area contributed by atoms with Gasteiger partial charge in [-0.05, 0) is 55.8 Å². The highest BCUT2D eigenvalue weighted by molar-refractivity contribution is 7.89. The first-order chi connectivity index (χ1) is 12.2. The number of rotatable bonds is 4. The Bertz CT molecular complexity index is 884. The summed E-state index contributed by atoms with van der Waals surface area (Å²) in [4.78, 5) is 0.157. The van der Waals surface area contributed by atoms with E-state index in [-0.39, 0.29) is 24.4 Å². The summed E-state index contributed by atoms with van der Waals surface area (Å²) in [6, 6.07) is 12.8. The van der Waals surface area contributed by atoms with Crippen LogP contribution in [-0.4, -0.2) is 42.6 Å². The van der Waals surface area contributed by atoms with E-state index in [0.717, 1.165) is 0 Å². The molecule has 2 aromatic rings. The molecule has 0 amide bonds. The molecule has 0 aromatic heterocycles. The highest BCUT2D eigenvalue weighted by atomic mass is 35.5. The average molecular weight is 416 g/mol. The van der Waals surface area contributed by atoms with Crippen LogP contribution in [0.4, 0.5) is 0 Å². The summed E-state index contributed by atoms with van der Waals surface area (Å²) in [5.74, 6) is 0.480. The number of nitrogens with zero attached hydrogens (tertiary/aromatic N) is 1. The van der Waals surface area contributed by atoms with Crippen LogP contribution in [0.25, 0.3) is 0 Å². The van der Waals surface area contributed by atoms with Crippen molar-refractivity contribution in [1.29, 1.82) is 0 Å². The molecule has 0 aliphatic carbocycles. The highest BCUT2D eigenvalue weighted by Crippen LogP contribution is 2.30. The van der Waals surface area contributed by atoms with Crippen LogP contribution in [0.15, 0.2) is 53.4 Å². The predicted octanol–water partition coefficient (Wildman–Crippen LogP) is 3.59. The van der Waals surface area contributed by atoms with Crippen LogP contribution in [0.5, 0.6) is 5.75 Å². The fourth-order valence-corrected chi connectivity index (χ4v) is 4.58. The molecular formula is C18H19Cl2NO4S. The molecule has 1 heterocycles. The number of piperidine rings is 1. The first kappa shape index (κ1) is 19.5. The molecule has 26 heavy (non-hydrogen) atoms. The summed E-state index contributed by atoms with van der Waals surface area (Å²) < 4.78 is 33.0. The molecule has 0 radical (unpaired) electrons. The number of hydrogen-bond acceptors (Lipinski definition) is 4. The van der Waals surface area contributed by atoms with Gasteiger partial charge in [0.2, 0.25) is 10.0 Å². The van der Waals surface area contributed by atoms with Crippen LogP contribution in [-0.2, 0) is 10.0 Å². The van der Waals surface area contributed by atoms with Crippen molar-refractivity contribution in [3.05, 3.63) is 58.6 Å². The lowest BCUT2D eigenvalue weighted by atomic mass is 9.91. The van der Waals surface area contributed by atoms with Crippen LogP contribution in [0, 0.1) is 0 Å². The molecule has 0 saturated carbocycles. The number of sulfonamides is 1. The van der Waals surface area contributed by atoms with E-state index in [4.69, 9.17) is 27.9 Å². The maximum atomic E-state index is 12.9. The third kappa shape index (κ3) is 4.15. The standard InChI is InChI=1S/C18H19Cl2NO4S/c1-18(22)9-10-21(26(23,24)16-7-5-13(19)6-8-16)12-17(18)25-15-4-2-3-14(20)11-15/h2-8,11,17,22H,9-10,12H2,1H3/t17-,18-/m0/s1. The zero-order valence-corrected chi connectivity index (χ0v) is 16.4. The van der Waals surface area contributed by atoms with Crippen molar-refractivity contribution >= 4 is 33.2 Å². The van der Waals surface area contributed by atoms with Gasteiger partial charge in [0.1, 0.15) is 17.5 Å². The molecule has 0 spiro atoms. The first-order valence-corrected chi connectivity index (χ1v) is 10.3. The van der Waals surface area contributed by atoms with Crippen molar-refractivity contribution in [1.82, 2.24) is 4.31 Å². The second kappa shape index (κ2) is 7.37. The van der Waals surface area contributed by atoms with Gasteiger partial charge in [0.05, 0.1) is 11.4 Å². The van der Waals surface area contributed by atoms with Crippen molar-refractivity contribution in [2.45, 2.75) is 29.9 Å². The van der Waals surface area contributed by atoms with E-state index < -0.39 is 21.7 Å². The topological polar surface area (TPSA) is 66.8 Å². The fraction of sp³-hybridized carbons (Fsp3) is 0.333. The molecule has 3 rings (SSSR count). The van der Waals surface area contributed by atoms with Crippen molar-refractivity contribution in [2.24, 2.45) is 0 Å².